The second-order valence-electron chi connectivity index (χ2n) is 6.29. The van der Waals surface area contributed by atoms with Gasteiger partial charge >= 0.3 is 5.97 Å². The van der Waals surface area contributed by atoms with Crippen molar-refractivity contribution in [3.63, 3.8) is 0 Å². The minimum atomic E-state index is -0.386. The van der Waals surface area contributed by atoms with E-state index in [9.17, 15) is 9.59 Å². The number of aryl methyl sites for hydroxylation is 2. The van der Waals surface area contributed by atoms with Crippen molar-refractivity contribution in [2.75, 3.05) is 36.9 Å². The summed E-state index contributed by atoms with van der Waals surface area (Å²) in [4.78, 5) is 27.9. The summed E-state index contributed by atoms with van der Waals surface area (Å²) in [5.41, 5.74) is 3.94. The molecular formula is C19H24N2O3S. The number of fused-ring (bicyclic) bond motifs is 1. The maximum Gasteiger partial charge on any atom is 0.333 e. The minimum Gasteiger partial charge on any atom is -0.463 e. The molecule has 1 saturated heterocycles. The predicted molar refractivity (Wildman–Crippen MR) is 101 cm³/mol. The van der Waals surface area contributed by atoms with Crippen LogP contribution in [0.1, 0.15) is 24.5 Å². The van der Waals surface area contributed by atoms with E-state index in [4.69, 9.17) is 4.74 Å². The largest absolute Gasteiger partial charge is 0.463 e. The molecule has 0 unspecified atom stereocenters. The lowest BCUT2D eigenvalue weighted by Crippen LogP contribution is -2.38. The molecule has 5 nitrogen and oxygen atoms in total. The summed E-state index contributed by atoms with van der Waals surface area (Å²) in [5, 5.41) is 0.699. The van der Waals surface area contributed by atoms with Crippen molar-refractivity contribution in [2.24, 2.45) is 0 Å². The van der Waals surface area contributed by atoms with Crippen molar-refractivity contribution in [3.05, 3.63) is 40.4 Å². The SMILES string of the molecule is CCOC(=O)C=C1SCC(=O)N1CCN1CCCc2cc(C)ccc21. The van der Waals surface area contributed by atoms with Crippen molar-refractivity contribution in [2.45, 2.75) is 26.7 Å². The van der Waals surface area contributed by atoms with Gasteiger partial charge in [0.25, 0.3) is 0 Å². The highest BCUT2D eigenvalue weighted by Gasteiger charge is 2.28. The molecule has 2 aliphatic rings. The molecule has 1 aromatic rings. The Morgan fingerprint density at radius 1 is 1.36 bits per heavy atom. The first-order valence-corrected chi connectivity index (χ1v) is 9.73. The van der Waals surface area contributed by atoms with Crippen LogP contribution in [0.2, 0.25) is 0 Å². The highest BCUT2D eigenvalue weighted by Crippen LogP contribution is 2.31. The van der Waals surface area contributed by atoms with Crippen LogP contribution < -0.4 is 4.90 Å². The van der Waals surface area contributed by atoms with Crippen molar-refractivity contribution < 1.29 is 14.3 Å². The molecule has 0 N–H and O–H groups in total. The van der Waals surface area contributed by atoms with Gasteiger partial charge in [0, 0.05) is 25.3 Å². The third kappa shape index (κ3) is 4.18. The molecule has 1 amide bonds. The van der Waals surface area contributed by atoms with Crippen LogP contribution in [0.15, 0.2) is 29.3 Å². The molecule has 6 heteroatoms. The van der Waals surface area contributed by atoms with Crippen LogP contribution >= 0.6 is 11.8 Å². The summed E-state index contributed by atoms with van der Waals surface area (Å²) in [6.45, 7) is 6.59. The van der Waals surface area contributed by atoms with Gasteiger partial charge in [-0.3, -0.25) is 4.79 Å². The second kappa shape index (κ2) is 7.95. The lowest BCUT2D eigenvalue weighted by atomic mass is 9.99. The maximum absolute atomic E-state index is 12.2. The van der Waals surface area contributed by atoms with Gasteiger partial charge in [0.2, 0.25) is 5.91 Å². The van der Waals surface area contributed by atoms with E-state index in [2.05, 4.69) is 30.0 Å². The van der Waals surface area contributed by atoms with Crippen LogP contribution in [0.4, 0.5) is 5.69 Å². The van der Waals surface area contributed by atoms with Crippen LogP contribution in [0.5, 0.6) is 0 Å². The molecule has 0 atom stereocenters. The first-order valence-electron chi connectivity index (χ1n) is 8.74. The number of ether oxygens (including phenoxy) is 1. The smallest absolute Gasteiger partial charge is 0.333 e. The fourth-order valence-electron chi connectivity index (χ4n) is 3.31. The maximum atomic E-state index is 12.2. The van der Waals surface area contributed by atoms with Crippen LogP contribution in [0, 0.1) is 6.92 Å². The van der Waals surface area contributed by atoms with Crippen LogP contribution in [-0.4, -0.2) is 48.8 Å². The number of rotatable bonds is 5. The third-order valence-electron chi connectivity index (χ3n) is 4.48. The Hall–Kier alpha value is -1.95. The van der Waals surface area contributed by atoms with Crippen molar-refractivity contribution in [3.8, 4) is 0 Å². The Morgan fingerprint density at radius 2 is 2.20 bits per heavy atom. The lowest BCUT2D eigenvalue weighted by Gasteiger charge is -2.33. The second-order valence-corrected chi connectivity index (χ2v) is 7.29. The average Bonchev–Trinajstić information content (AvgIpc) is 2.92. The van der Waals surface area contributed by atoms with E-state index in [1.165, 1.54) is 34.7 Å². The summed E-state index contributed by atoms with van der Waals surface area (Å²) in [5.74, 6) is 0.0614. The number of hydrogen-bond acceptors (Lipinski definition) is 5. The van der Waals surface area contributed by atoms with Gasteiger partial charge in [-0.05, 0) is 38.3 Å². The summed E-state index contributed by atoms with van der Waals surface area (Å²) < 4.78 is 4.96. The summed E-state index contributed by atoms with van der Waals surface area (Å²) >= 11 is 1.41. The number of carbonyl (C=O) groups is 2. The summed E-state index contributed by atoms with van der Waals surface area (Å²) in [6.07, 6.45) is 3.68. The Morgan fingerprint density at radius 3 is 3.00 bits per heavy atom. The normalized spacial score (nSPS) is 18.6. The standard InChI is InChI=1S/C19H24N2O3S/c1-3-24-19(23)12-18-21(17(22)13-25-18)10-9-20-8-4-5-15-11-14(2)6-7-16(15)20/h6-7,11-12H,3-5,8-10,13H2,1-2H3. The first kappa shape index (κ1) is 17.9. The molecule has 3 rings (SSSR count). The summed E-state index contributed by atoms with van der Waals surface area (Å²) in [7, 11) is 0. The van der Waals surface area contributed by atoms with Crippen molar-refractivity contribution in [1.82, 2.24) is 4.90 Å². The number of thioether (sulfide) groups is 1. The van der Waals surface area contributed by atoms with Gasteiger partial charge in [-0.2, -0.15) is 0 Å². The molecule has 0 spiro atoms. The van der Waals surface area contributed by atoms with Gasteiger partial charge in [-0.15, -0.1) is 0 Å². The Balaban J connectivity index is 1.68. The highest BCUT2D eigenvalue weighted by molar-refractivity contribution is 8.04. The first-order chi connectivity index (χ1) is 12.1. The number of amides is 1. The van der Waals surface area contributed by atoms with Gasteiger partial charge in [-0.25, -0.2) is 4.79 Å². The van der Waals surface area contributed by atoms with E-state index < -0.39 is 0 Å². The quantitative estimate of drug-likeness (QED) is 0.597. The fourth-order valence-corrected chi connectivity index (χ4v) is 4.27. The van der Waals surface area contributed by atoms with E-state index in [0.29, 0.717) is 23.9 Å². The highest BCUT2D eigenvalue weighted by atomic mass is 32.2. The molecule has 134 valence electrons. The molecule has 25 heavy (non-hydrogen) atoms. The molecule has 0 aromatic heterocycles. The monoisotopic (exact) mass is 360 g/mol. The number of hydrogen-bond donors (Lipinski definition) is 0. The average molecular weight is 360 g/mol. The minimum absolute atomic E-state index is 0.0571. The molecule has 0 bridgehead atoms. The van der Waals surface area contributed by atoms with Crippen molar-refractivity contribution in [1.29, 1.82) is 0 Å². The zero-order valence-corrected chi connectivity index (χ0v) is 15.6. The Bertz CT molecular complexity index is 702. The fraction of sp³-hybridized carbons (Fsp3) is 0.474. The van der Waals surface area contributed by atoms with E-state index >= 15 is 0 Å². The van der Waals surface area contributed by atoms with Crippen LogP contribution in [0.3, 0.4) is 0 Å². The van der Waals surface area contributed by atoms with Gasteiger partial charge < -0.3 is 14.5 Å². The number of anilines is 1. The van der Waals surface area contributed by atoms with E-state index in [1.807, 2.05) is 0 Å². The molecule has 1 fully saturated rings. The lowest BCUT2D eigenvalue weighted by molar-refractivity contribution is -0.137. The van der Waals surface area contributed by atoms with E-state index in [0.717, 1.165) is 25.9 Å². The topological polar surface area (TPSA) is 49.9 Å². The molecule has 0 aliphatic carbocycles. The number of esters is 1. The van der Waals surface area contributed by atoms with Gasteiger partial charge in [0.05, 0.1) is 23.5 Å². The molecule has 0 radical (unpaired) electrons. The number of carbonyl (C=O) groups excluding carboxylic acids is 2. The van der Waals surface area contributed by atoms with Gasteiger partial charge in [-0.1, -0.05) is 29.5 Å². The van der Waals surface area contributed by atoms with Crippen molar-refractivity contribution >= 4 is 29.3 Å². The van der Waals surface area contributed by atoms with Gasteiger partial charge in [0.15, 0.2) is 0 Å². The number of benzene rings is 1. The Kier molecular flexibility index (Phi) is 5.68. The van der Waals surface area contributed by atoms with Crippen LogP contribution in [0.25, 0.3) is 0 Å². The van der Waals surface area contributed by atoms with Crippen LogP contribution in [-0.2, 0) is 20.7 Å². The Labute approximate surface area is 153 Å². The number of nitrogens with zero attached hydrogens (tertiary/aromatic N) is 2. The van der Waals surface area contributed by atoms with E-state index in [1.54, 1.807) is 11.8 Å². The molecule has 0 saturated carbocycles. The molecule has 2 heterocycles. The molecule has 2 aliphatic heterocycles. The zero-order chi connectivity index (χ0) is 17.8. The van der Waals surface area contributed by atoms with E-state index in [-0.39, 0.29) is 11.9 Å². The predicted octanol–water partition coefficient (Wildman–Crippen LogP) is 2.73. The third-order valence-corrected chi connectivity index (χ3v) is 5.51. The zero-order valence-electron chi connectivity index (χ0n) is 14.8. The van der Waals surface area contributed by atoms with Gasteiger partial charge in [0.1, 0.15) is 0 Å². The molecular weight excluding hydrogens is 336 g/mol. The molecule has 1 aromatic carbocycles. The summed E-state index contributed by atoms with van der Waals surface area (Å²) in [6, 6.07) is 6.57.